The van der Waals surface area contributed by atoms with Crippen molar-refractivity contribution in [2.75, 3.05) is 20.2 Å². The summed E-state index contributed by atoms with van der Waals surface area (Å²) in [4.78, 5) is 4.13. The molecule has 4 heteroatoms. The number of aliphatic imine (C=N–C) groups is 1. The van der Waals surface area contributed by atoms with Crippen molar-refractivity contribution in [3.8, 4) is 11.8 Å². The molecule has 0 saturated carbocycles. The summed E-state index contributed by atoms with van der Waals surface area (Å²) in [7, 11) is 1.65. The summed E-state index contributed by atoms with van der Waals surface area (Å²) in [5.41, 5.74) is 1.22. The summed E-state index contributed by atoms with van der Waals surface area (Å²) >= 11 is 0. The van der Waals surface area contributed by atoms with E-state index in [1.54, 1.807) is 13.4 Å². The highest BCUT2D eigenvalue weighted by Crippen LogP contribution is 2.11. The average molecular weight is 217 g/mol. The molecular formula is C12H15N3O. The van der Waals surface area contributed by atoms with E-state index >= 15 is 0 Å². The van der Waals surface area contributed by atoms with Crippen LogP contribution in [0.5, 0.6) is 5.75 Å². The van der Waals surface area contributed by atoms with Crippen LogP contribution in [0.1, 0.15) is 5.56 Å². The van der Waals surface area contributed by atoms with Crippen molar-refractivity contribution in [2.24, 2.45) is 4.99 Å². The van der Waals surface area contributed by atoms with Crippen molar-refractivity contribution in [1.82, 2.24) is 5.32 Å². The highest BCUT2D eigenvalue weighted by molar-refractivity contribution is 5.54. The van der Waals surface area contributed by atoms with Crippen LogP contribution in [-0.4, -0.2) is 26.5 Å². The van der Waals surface area contributed by atoms with Crippen molar-refractivity contribution in [3.05, 3.63) is 29.8 Å². The molecule has 16 heavy (non-hydrogen) atoms. The van der Waals surface area contributed by atoms with Gasteiger partial charge in [-0.25, -0.2) is 0 Å². The minimum Gasteiger partial charge on any atom is -0.497 e. The fourth-order valence-corrected chi connectivity index (χ4v) is 1.21. The Hall–Kier alpha value is -2.02. The Balaban J connectivity index is 2.27. The first-order valence-electron chi connectivity index (χ1n) is 5.08. The molecule has 0 bridgehead atoms. The second kappa shape index (κ2) is 7.30. The molecule has 0 saturated heterocycles. The fraction of sp³-hybridized carbons (Fsp3) is 0.333. The van der Waals surface area contributed by atoms with Crippen molar-refractivity contribution in [3.63, 3.8) is 0 Å². The summed E-state index contributed by atoms with van der Waals surface area (Å²) in [6.45, 7) is 1.01. The predicted octanol–water partition coefficient (Wildman–Crippen LogP) is 1.38. The van der Waals surface area contributed by atoms with E-state index < -0.39 is 0 Å². The standard InChI is InChI=1S/C12H15N3O/c1-16-12-4-2-11(3-5-12)6-8-14-10-15-9-7-13/h2-5,10H,6,8-9H2,1H3,(H,14,15). The molecular weight excluding hydrogens is 202 g/mol. The third kappa shape index (κ3) is 4.47. The predicted molar refractivity (Wildman–Crippen MR) is 63.7 cm³/mol. The number of ether oxygens (including phenoxy) is 1. The SMILES string of the molecule is COc1ccc(CCN=CNCC#N)cc1. The first-order chi connectivity index (χ1) is 7.86. The molecule has 1 N–H and O–H groups in total. The zero-order valence-electron chi connectivity index (χ0n) is 9.31. The van der Waals surface area contributed by atoms with Gasteiger partial charge in [-0.2, -0.15) is 5.26 Å². The molecule has 0 aliphatic carbocycles. The molecule has 0 unspecified atom stereocenters. The molecule has 0 aliphatic heterocycles. The largest absolute Gasteiger partial charge is 0.497 e. The molecule has 0 fully saturated rings. The zero-order chi connectivity index (χ0) is 11.6. The summed E-state index contributed by atoms with van der Waals surface area (Å²) in [6.07, 6.45) is 2.46. The molecule has 4 nitrogen and oxygen atoms in total. The summed E-state index contributed by atoms with van der Waals surface area (Å²) in [5, 5.41) is 11.0. The van der Waals surface area contributed by atoms with Gasteiger partial charge in [0.1, 0.15) is 12.3 Å². The van der Waals surface area contributed by atoms with E-state index in [4.69, 9.17) is 10.00 Å². The monoisotopic (exact) mass is 217 g/mol. The lowest BCUT2D eigenvalue weighted by molar-refractivity contribution is 0.414. The number of methoxy groups -OCH3 is 1. The van der Waals surface area contributed by atoms with Crippen LogP contribution in [0.25, 0.3) is 0 Å². The van der Waals surface area contributed by atoms with Gasteiger partial charge in [-0.15, -0.1) is 0 Å². The molecule has 0 aromatic heterocycles. The lowest BCUT2D eigenvalue weighted by Crippen LogP contribution is -2.10. The van der Waals surface area contributed by atoms with Gasteiger partial charge in [0.2, 0.25) is 0 Å². The van der Waals surface area contributed by atoms with Gasteiger partial charge in [0.05, 0.1) is 19.5 Å². The molecule has 0 spiro atoms. The molecule has 0 radical (unpaired) electrons. The maximum absolute atomic E-state index is 8.26. The van der Waals surface area contributed by atoms with Crippen LogP contribution in [0.2, 0.25) is 0 Å². The van der Waals surface area contributed by atoms with Gasteiger partial charge in [-0.3, -0.25) is 4.99 Å². The topological polar surface area (TPSA) is 57.4 Å². The van der Waals surface area contributed by atoms with Crippen molar-refractivity contribution >= 4 is 6.34 Å². The normalized spacial score (nSPS) is 10.0. The maximum atomic E-state index is 8.26. The van der Waals surface area contributed by atoms with E-state index in [-0.39, 0.29) is 0 Å². The third-order valence-electron chi connectivity index (χ3n) is 2.05. The van der Waals surface area contributed by atoms with Gasteiger partial charge in [0.25, 0.3) is 0 Å². The van der Waals surface area contributed by atoms with Crippen LogP contribution in [0, 0.1) is 11.3 Å². The molecule has 84 valence electrons. The van der Waals surface area contributed by atoms with Gasteiger partial charge in [0.15, 0.2) is 0 Å². The fourth-order valence-electron chi connectivity index (χ4n) is 1.21. The smallest absolute Gasteiger partial charge is 0.118 e. The summed E-state index contributed by atoms with van der Waals surface area (Å²) in [5.74, 6) is 0.864. The van der Waals surface area contributed by atoms with Crippen LogP contribution < -0.4 is 10.1 Å². The van der Waals surface area contributed by atoms with Crippen LogP contribution in [-0.2, 0) is 6.42 Å². The molecule has 1 aromatic carbocycles. The summed E-state index contributed by atoms with van der Waals surface area (Å²) in [6, 6.07) is 9.90. The van der Waals surface area contributed by atoms with Crippen molar-refractivity contribution in [1.29, 1.82) is 5.26 Å². The van der Waals surface area contributed by atoms with E-state index in [0.29, 0.717) is 13.1 Å². The van der Waals surface area contributed by atoms with Gasteiger partial charge in [-0.05, 0) is 24.1 Å². The van der Waals surface area contributed by atoms with E-state index in [1.807, 2.05) is 30.3 Å². The first-order valence-corrected chi connectivity index (χ1v) is 5.08. The first kappa shape index (κ1) is 12.1. The van der Waals surface area contributed by atoms with Gasteiger partial charge in [-0.1, -0.05) is 12.1 Å². The maximum Gasteiger partial charge on any atom is 0.118 e. The number of benzene rings is 1. The van der Waals surface area contributed by atoms with Gasteiger partial charge in [0, 0.05) is 6.54 Å². The van der Waals surface area contributed by atoms with E-state index in [9.17, 15) is 0 Å². The Labute approximate surface area is 95.6 Å². The number of rotatable bonds is 6. The highest BCUT2D eigenvalue weighted by Gasteiger charge is 1.92. The second-order valence-corrected chi connectivity index (χ2v) is 3.17. The van der Waals surface area contributed by atoms with Crippen molar-refractivity contribution in [2.45, 2.75) is 6.42 Å². The number of hydrogen-bond acceptors (Lipinski definition) is 3. The quantitative estimate of drug-likeness (QED) is 0.339. The van der Waals surface area contributed by atoms with E-state index in [0.717, 1.165) is 12.2 Å². The lowest BCUT2D eigenvalue weighted by Gasteiger charge is -2.01. The van der Waals surface area contributed by atoms with Crippen LogP contribution in [0.4, 0.5) is 0 Å². The molecule has 0 aliphatic rings. The van der Waals surface area contributed by atoms with Crippen molar-refractivity contribution < 1.29 is 4.74 Å². The zero-order valence-corrected chi connectivity index (χ0v) is 9.31. The third-order valence-corrected chi connectivity index (χ3v) is 2.05. The highest BCUT2D eigenvalue weighted by atomic mass is 16.5. The Kier molecular flexibility index (Phi) is 5.49. The Morgan fingerprint density at radius 1 is 1.44 bits per heavy atom. The molecule has 0 atom stereocenters. The van der Waals surface area contributed by atoms with Crippen LogP contribution in [0.3, 0.4) is 0 Å². The number of nitriles is 1. The molecule has 0 amide bonds. The molecule has 1 rings (SSSR count). The second-order valence-electron chi connectivity index (χ2n) is 3.17. The van der Waals surface area contributed by atoms with Gasteiger partial charge < -0.3 is 10.1 Å². The lowest BCUT2D eigenvalue weighted by atomic mass is 10.1. The Bertz CT molecular complexity index is 365. The number of hydrogen-bond donors (Lipinski definition) is 1. The average Bonchev–Trinajstić information content (AvgIpc) is 2.34. The number of nitrogens with one attached hydrogen (secondary N) is 1. The molecule has 0 heterocycles. The molecule has 1 aromatic rings. The van der Waals surface area contributed by atoms with Crippen LogP contribution >= 0.6 is 0 Å². The number of nitrogens with zero attached hydrogens (tertiary/aromatic N) is 2. The van der Waals surface area contributed by atoms with Gasteiger partial charge >= 0.3 is 0 Å². The minimum atomic E-state index is 0.298. The Morgan fingerprint density at radius 2 is 2.19 bits per heavy atom. The van der Waals surface area contributed by atoms with Crippen LogP contribution in [0.15, 0.2) is 29.3 Å². The van der Waals surface area contributed by atoms with E-state index in [2.05, 4.69) is 10.3 Å². The Morgan fingerprint density at radius 3 is 2.81 bits per heavy atom. The van der Waals surface area contributed by atoms with E-state index in [1.165, 1.54) is 5.56 Å². The minimum absolute atomic E-state index is 0.298. The summed E-state index contributed by atoms with van der Waals surface area (Å²) < 4.78 is 5.07.